The Balaban J connectivity index is 1.78. The standard InChI is InChI=1S/C18H23N5O3/c1-20(2)15(24)12-22-8-10-23(11-9-22)18(26)16-13-6-4-5-7-14(13)17(25)21(3)19-16/h4-7H,8-12H2,1-3H3. The van der Waals surface area contributed by atoms with Gasteiger partial charge < -0.3 is 9.80 Å². The molecule has 138 valence electrons. The van der Waals surface area contributed by atoms with E-state index in [1.807, 2.05) is 4.90 Å². The number of hydrogen-bond donors (Lipinski definition) is 0. The summed E-state index contributed by atoms with van der Waals surface area (Å²) in [6.45, 7) is 2.68. The molecule has 1 aromatic carbocycles. The third kappa shape index (κ3) is 3.45. The normalized spacial score (nSPS) is 15.3. The van der Waals surface area contributed by atoms with Gasteiger partial charge in [0.2, 0.25) is 5.91 Å². The summed E-state index contributed by atoms with van der Waals surface area (Å²) >= 11 is 0. The van der Waals surface area contributed by atoms with Crippen LogP contribution in [0.3, 0.4) is 0 Å². The predicted molar refractivity (Wildman–Crippen MR) is 98.0 cm³/mol. The molecule has 1 aliphatic heterocycles. The van der Waals surface area contributed by atoms with Crippen LogP contribution >= 0.6 is 0 Å². The smallest absolute Gasteiger partial charge is 0.275 e. The van der Waals surface area contributed by atoms with Gasteiger partial charge in [-0.1, -0.05) is 18.2 Å². The Kier molecular flexibility index (Phi) is 5.03. The molecule has 0 atom stereocenters. The maximum atomic E-state index is 13.0. The lowest BCUT2D eigenvalue weighted by Gasteiger charge is -2.34. The summed E-state index contributed by atoms with van der Waals surface area (Å²) in [5.41, 5.74) is 0.0738. The lowest BCUT2D eigenvalue weighted by atomic mass is 10.1. The van der Waals surface area contributed by atoms with Gasteiger partial charge in [-0.3, -0.25) is 19.3 Å². The highest BCUT2D eigenvalue weighted by atomic mass is 16.2. The van der Waals surface area contributed by atoms with Gasteiger partial charge in [-0.25, -0.2) is 4.68 Å². The predicted octanol–water partition coefficient (Wildman–Crippen LogP) is -0.220. The summed E-state index contributed by atoms with van der Waals surface area (Å²) < 4.78 is 1.21. The van der Waals surface area contributed by atoms with E-state index in [-0.39, 0.29) is 17.4 Å². The minimum Gasteiger partial charge on any atom is -0.348 e. The van der Waals surface area contributed by atoms with Crippen LogP contribution in [0, 0.1) is 0 Å². The lowest BCUT2D eigenvalue weighted by molar-refractivity contribution is -0.130. The monoisotopic (exact) mass is 357 g/mol. The molecule has 8 nitrogen and oxygen atoms in total. The summed E-state index contributed by atoms with van der Waals surface area (Å²) in [5.74, 6) is -0.133. The van der Waals surface area contributed by atoms with Crippen LogP contribution in [-0.2, 0) is 11.8 Å². The molecule has 0 unspecified atom stereocenters. The number of likely N-dealkylation sites (N-methyl/N-ethyl adjacent to an activating group) is 1. The Morgan fingerprint density at radius 1 is 1.08 bits per heavy atom. The highest BCUT2D eigenvalue weighted by Gasteiger charge is 2.26. The molecule has 8 heteroatoms. The van der Waals surface area contributed by atoms with E-state index in [2.05, 4.69) is 5.10 Å². The molecular weight excluding hydrogens is 334 g/mol. The van der Waals surface area contributed by atoms with E-state index in [0.717, 1.165) is 0 Å². The second-order valence-corrected chi connectivity index (χ2v) is 6.68. The molecule has 0 aliphatic carbocycles. The minimum absolute atomic E-state index is 0.0514. The van der Waals surface area contributed by atoms with Gasteiger partial charge in [0, 0.05) is 52.7 Å². The van der Waals surface area contributed by atoms with Gasteiger partial charge in [0.1, 0.15) is 0 Å². The Hall–Kier alpha value is -2.74. The molecule has 1 aromatic heterocycles. The van der Waals surface area contributed by atoms with Crippen LogP contribution in [0.5, 0.6) is 0 Å². The first-order chi connectivity index (χ1) is 12.4. The van der Waals surface area contributed by atoms with Crippen molar-refractivity contribution in [3.63, 3.8) is 0 Å². The van der Waals surface area contributed by atoms with Gasteiger partial charge in [-0.2, -0.15) is 5.10 Å². The topological polar surface area (TPSA) is 78.8 Å². The molecule has 3 rings (SSSR count). The summed E-state index contributed by atoms with van der Waals surface area (Å²) in [4.78, 5) is 42.3. The molecule has 0 saturated carbocycles. The highest BCUT2D eigenvalue weighted by Crippen LogP contribution is 2.16. The van der Waals surface area contributed by atoms with Crippen molar-refractivity contribution in [3.05, 3.63) is 40.3 Å². The van der Waals surface area contributed by atoms with Crippen molar-refractivity contribution in [1.29, 1.82) is 0 Å². The van der Waals surface area contributed by atoms with Crippen LogP contribution in [0.2, 0.25) is 0 Å². The maximum absolute atomic E-state index is 13.0. The quantitative estimate of drug-likeness (QED) is 0.759. The SMILES string of the molecule is CN(C)C(=O)CN1CCN(C(=O)c2nn(C)c(=O)c3ccccc23)CC1. The third-order valence-corrected chi connectivity index (χ3v) is 4.68. The number of carbonyl (C=O) groups is 2. The van der Waals surface area contributed by atoms with E-state index in [1.54, 1.807) is 55.2 Å². The van der Waals surface area contributed by atoms with Gasteiger partial charge in [-0.15, -0.1) is 0 Å². The largest absolute Gasteiger partial charge is 0.348 e. The second kappa shape index (κ2) is 7.25. The van der Waals surface area contributed by atoms with Crippen LogP contribution in [0.25, 0.3) is 10.8 Å². The molecule has 2 aromatic rings. The van der Waals surface area contributed by atoms with Crippen LogP contribution in [0.15, 0.2) is 29.1 Å². The van der Waals surface area contributed by atoms with Gasteiger partial charge in [-0.05, 0) is 6.07 Å². The van der Waals surface area contributed by atoms with Crippen LogP contribution in [-0.4, -0.2) is 83.1 Å². The molecule has 0 radical (unpaired) electrons. The molecule has 0 N–H and O–H groups in total. The first-order valence-electron chi connectivity index (χ1n) is 8.56. The fourth-order valence-corrected chi connectivity index (χ4v) is 3.05. The zero-order chi connectivity index (χ0) is 18.8. The maximum Gasteiger partial charge on any atom is 0.275 e. The summed E-state index contributed by atoms with van der Waals surface area (Å²) in [7, 11) is 5.02. The molecule has 2 amide bonds. The summed E-state index contributed by atoms with van der Waals surface area (Å²) in [6.07, 6.45) is 0. The van der Waals surface area contributed by atoms with Crippen LogP contribution in [0.4, 0.5) is 0 Å². The number of amides is 2. The van der Waals surface area contributed by atoms with E-state index < -0.39 is 0 Å². The first kappa shape index (κ1) is 18.1. The van der Waals surface area contributed by atoms with Gasteiger partial charge in [0.25, 0.3) is 11.5 Å². The van der Waals surface area contributed by atoms with Crippen molar-refractivity contribution >= 4 is 22.6 Å². The first-order valence-corrected chi connectivity index (χ1v) is 8.56. The Morgan fingerprint density at radius 2 is 1.69 bits per heavy atom. The molecule has 1 saturated heterocycles. The molecule has 0 spiro atoms. The number of piperazine rings is 1. The Labute approximate surface area is 151 Å². The fourth-order valence-electron chi connectivity index (χ4n) is 3.05. The molecule has 1 aliphatic rings. The zero-order valence-electron chi connectivity index (χ0n) is 15.3. The number of rotatable bonds is 3. The number of aryl methyl sites for hydroxylation is 1. The Morgan fingerprint density at radius 3 is 2.31 bits per heavy atom. The molecular formula is C18H23N5O3. The second-order valence-electron chi connectivity index (χ2n) is 6.68. The molecule has 2 heterocycles. The van der Waals surface area contributed by atoms with Crippen molar-refractivity contribution in [3.8, 4) is 0 Å². The van der Waals surface area contributed by atoms with Crippen LogP contribution < -0.4 is 5.56 Å². The fraction of sp³-hybridized carbons (Fsp3) is 0.444. The average Bonchev–Trinajstić information content (AvgIpc) is 2.64. The number of carbonyl (C=O) groups excluding carboxylic acids is 2. The molecule has 26 heavy (non-hydrogen) atoms. The van der Waals surface area contributed by atoms with E-state index in [1.165, 1.54) is 4.68 Å². The summed E-state index contributed by atoms with van der Waals surface area (Å²) in [5, 5.41) is 5.27. The van der Waals surface area contributed by atoms with Crippen molar-refractivity contribution in [2.75, 3.05) is 46.8 Å². The number of fused-ring (bicyclic) bond motifs is 1. The number of nitrogens with zero attached hydrogens (tertiary/aromatic N) is 5. The number of hydrogen-bond acceptors (Lipinski definition) is 5. The van der Waals surface area contributed by atoms with E-state index >= 15 is 0 Å². The van der Waals surface area contributed by atoms with Gasteiger partial charge in [0.15, 0.2) is 5.69 Å². The van der Waals surface area contributed by atoms with Crippen molar-refractivity contribution < 1.29 is 9.59 Å². The van der Waals surface area contributed by atoms with E-state index in [4.69, 9.17) is 0 Å². The summed E-state index contributed by atoms with van der Waals surface area (Å²) in [6, 6.07) is 7.04. The van der Waals surface area contributed by atoms with Crippen molar-refractivity contribution in [2.24, 2.45) is 7.05 Å². The van der Waals surface area contributed by atoms with Gasteiger partial charge in [0.05, 0.1) is 11.9 Å². The molecule has 0 bridgehead atoms. The van der Waals surface area contributed by atoms with E-state index in [0.29, 0.717) is 49.2 Å². The van der Waals surface area contributed by atoms with Crippen molar-refractivity contribution in [1.82, 2.24) is 24.5 Å². The Bertz CT molecular complexity index is 897. The lowest BCUT2D eigenvalue weighted by Crippen LogP contribution is -2.51. The number of benzene rings is 1. The number of aromatic nitrogens is 2. The van der Waals surface area contributed by atoms with E-state index in [9.17, 15) is 14.4 Å². The van der Waals surface area contributed by atoms with Crippen LogP contribution in [0.1, 0.15) is 10.5 Å². The minimum atomic E-state index is -0.218. The van der Waals surface area contributed by atoms with Gasteiger partial charge >= 0.3 is 0 Å². The zero-order valence-corrected chi connectivity index (χ0v) is 15.3. The average molecular weight is 357 g/mol. The van der Waals surface area contributed by atoms with Crippen molar-refractivity contribution in [2.45, 2.75) is 0 Å². The molecule has 1 fully saturated rings. The third-order valence-electron chi connectivity index (χ3n) is 4.68. The highest BCUT2D eigenvalue weighted by molar-refractivity contribution is 6.04.